The van der Waals surface area contributed by atoms with E-state index in [9.17, 15) is 13.6 Å². The van der Waals surface area contributed by atoms with Crippen molar-refractivity contribution in [1.29, 1.82) is 0 Å². The van der Waals surface area contributed by atoms with Crippen LogP contribution >= 0.6 is 0 Å². The smallest absolute Gasteiger partial charge is 0.154 e. The quantitative estimate of drug-likeness (QED) is 0.542. The Labute approximate surface area is 79.5 Å². The first kappa shape index (κ1) is 10.4. The second-order valence-corrected chi connectivity index (χ2v) is 2.56. The molecular formula is C9H8F2N2O. The summed E-state index contributed by atoms with van der Waals surface area (Å²) in [5.74, 6) is -1.49. The van der Waals surface area contributed by atoms with Gasteiger partial charge < -0.3 is 4.79 Å². The molecule has 0 aliphatic heterocycles. The van der Waals surface area contributed by atoms with Crippen LogP contribution in [-0.4, -0.2) is 13.3 Å². The van der Waals surface area contributed by atoms with Gasteiger partial charge >= 0.3 is 0 Å². The minimum Gasteiger partial charge on any atom is -0.301 e. The maximum atomic E-state index is 13.1. The van der Waals surface area contributed by atoms with Gasteiger partial charge in [-0.05, 0) is 6.07 Å². The summed E-state index contributed by atoms with van der Waals surface area (Å²) in [7, 11) is 1.37. The van der Waals surface area contributed by atoms with Crippen LogP contribution in [0.15, 0.2) is 28.4 Å². The lowest BCUT2D eigenvalue weighted by atomic mass is 10.1. The summed E-state index contributed by atoms with van der Waals surface area (Å²) in [6.45, 7) is 0. The van der Waals surface area contributed by atoms with Crippen LogP contribution in [0.5, 0.6) is 0 Å². The molecule has 0 aromatic heterocycles. The molecule has 0 saturated heterocycles. The third-order valence-electron chi connectivity index (χ3n) is 1.65. The second kappa shape index (κ2) is 4.55. The number of hydrogen-bond acceptors (Lipinski definition) is 3. The van der Waals surface area contributed by atoms with E-state index in [2.05, 4.69) is 10.2 Å². The molecule has 0 radical (unpaired) electrons. The fraction of sp³-hybridized carbons (Fsp3) is 0.222. The molecule has 0 aliphatic carbocycles. The SMILES string of the molecule is CN=NC(C=O)c1ccc(F)cc1F. The molecule has 14 heavy (non-hydrogen) atoms. The summed E-state index contributed by atoms with van der Waals surface area (Å²) in [5, 5.41) is 6.88. The van der Waals surface area contributed by atoms with Gasteiger partial charge in [0.2, 0.25) is 0 Å². The Kier molecular flexibility index (Phi) is 3.39. The first-order valence-corrected chi connectivity index (χ1v) is 3.88. The van der Waals surface area contributed by atoms with Crippen molar-refractivity contribution in [2.45, 2.75) is 6.04 Å². The van der Waals surface area contributed by atoms with E-state index in [1.54, 1.807) is 0 Å². The first-order chi connectivity index (χ1) is 6.69. The maximum Gasteiger partial charge on any atom is 0.154 e. The molecule has 5 heteroatoms. The minimum atomic E-state index is -0.999. The molecule has 0 spiro atoms. The fourth-order valence-electron chi connectivity index (χ4n) is 1.03. The predicted octanol–water partition coefficient (Wildman–Crippen LogP) is 2.29. The van der Waals surface area contributed by atoms with Crippen molar-refractivity contribution in [2.24, 2.45) is 10.2 Å². The Balaban J connectivity index is 3.10. The van der Waals surface area contributed by atoms with Crippen molar-refractivity contribution in [3.63, 3.8) is 0 Å². The van der Waals surface area contributed by atoms with Gasteiger partial charge in [-0.3, -0.25) is 0 Å². The number of benzene rings is 1. The fourth-order valence-corrected chi connectivity index (χ4v) is 1.03. The van der Waals surface area contributed by atoms with Crippen LogP contribution in [0.3, 0.4) is 0 Å². The van der Waals surface area contributed by atoms with E-state index in [4.69, 9.17) is 0 Å². The van der Waals surface area contributed by atoms with Crippen LogP contribution in [0, 0.1) is 11.6 Å². The highest BCUT2D eigenvalue weighted by atomic mass is 19.1. The Morgan fingerprint density at radius 2 is 2.14 bits per heavy atom. The lowest BCUT2D eigenvalue weighted by molar-refractivity contribution is -0.109. The largest absolute Gasteiger partial charge is 0.301 e. The number of rotatable bonds is 3. The number of carbonyl (C=O) groups excluding carboxylic acids is 1. The summed E-state index contributed by atoms with van der Waals surface area (Å²) in [5.41, 5.74) is 0.0204. The van der Waals surface area contributed by atoms with Gasteiger partial charge in [-0.15, -0.1) is 0 Å². The maximum absolute atomic E-state index is 13.1. The number of azo groups is 1. The Morgan fingerprint density at radius 1 is 1.43 bits per heavy atom. The molecule has 0 saturated carbocycles. The zero-order valence-corrected chi connectivity index (χ0v) is 7.45. The van der Waals surface area contributed by atoms with E-state index in [1.807, 2.05) is 0 Å². The van der Waals surface area contributed by atoms with Crippen LogP contribution in [0.25, 0.3) is 0 Å². The highest BCUT2D eigenvalue weighted by molar-refractivity contribution is 5.61. The Bertz CT molecular complexity index is 366. The van der Waals surface area contributed by atoms with Crippen molar-refractivity contribution in [2.75, 3.05) is 7.05 Å². The van der Waals surface area contributed by atoms with Gasteiger partial charge in [0.15, 0.2) is 12.3 Å². The van der Waals surface area contributed by atoms with E-state index in [-0.39, 0.29) is 5.56 Å². The molecule has 0 fully saturated rings. The topological polar surface area (TPSA) is 41.8 Å². The normalized spacial score (nSPS) is 13.1. The lowest BCUT2D eigenvalue weighted by Crippen LogP contribution is -2.00. The molecule has 1 aromatic rings. The standard InChI is InChI=1S/C9H8F2N2O/c1-12-13-9(5-14)7-3-2-6(10)4-8(7)11/h2-5,9H,1H3. The van der Waals surface area contributed by atoms with Crippen LogP contribution in [0.2, 0.25) is 0 Å². The number of carbonyl (C=O) groups is 1. The molecule has 0 aliphatic rings. The first-order valence-electron chi connectivity index (χ1n) is 3.88. The van der Waals surface area contributed by atoms with Crippen molar-refractivity contribution >= 4 is 6.29 Å². The van der Waals surface area contributed by atoms with Gasteiger partial charge in [0.05, 0.1) is 0 Å². The minimum absolute atomic E-state index is 0.0204. The van der Waals surface area contributed by atoms with E-state index in [0.717, 1.165) is 6.07 Å². The average molecular weight is 198 g/mol. The molecular weight excluding hydrogens is 190 g/mol. The summed E-state index contributed by atoms with van der Waals surface area (Å²) < 4.78 is 25.6. The molecule has 1 aromatic carbocycles. The second-order valence-electron chi connectivity index (χ2n) is 2.56. The molecule has 74 valence electrons. The number of nitrogens with zero attached hydrogens (tertiary/aromatic N) is 2. The number of hydrogen-bond donors (Lipinski definition) is 0. The molecule has 1 rings (SSSR count). The van der Waals surface area contributed by atoms with Gasteiger partial charge in [-0.25, -0.2) is 8.78 Å². The Morgan fingerprint density at radius 3 is 2.64 bits per heavy atom. The molecule has 0 amide bonds. The average Bonchev–Trinajstić information content (AvgIpc) is 2.15. The van der Waals surface area contributed by atoms with Crippen molar-refractivity contribution in [1.82, 2.24) is 0 Å². The summed E-state index contributed by atoms with van der Waals surface area (Å²) in [6.07, 6.45) is 0.448. The molecule has 1 atom stereocenters. The van der Waals surface area contributed by atoms with Crippen molar-refractivity contribution in [3.05, 3.63) is 35.4 Å². The zero-order chi connectivity index (χ0) is 10.6. The van der Waals surface area contributed by atoms with Gasteiger partial charge in [-0.2, -0.15) is 10.2 Å². The summed E-state index contributed by atoms with van der Waals surface area (Å²) in [4.78, 5) is 10.5. The number of halogens is 2. The van der Waals surface area contributed by atoms with Gasteiger partial charge in [0, 0.05) is 18.7 Å². The van der Waals surface area contributed by atoms with Crippen LogP contribution in [0.1, 0.15) is 11.6 Å². The van der Waals surface area contributed by atoms with Gasteiger partial charge in [0.25, 0.3) is 0 Å². The molecule has 0 N–H and O–H groups in total. The van der Waals surface area contributed by atoms with Gasteiger partial charge in [-0.1, -0.05) is 6.07 Å². The van der Waals surface area contributed by atoms with Crippen LogP contribution in [0.4, 0.5) is 8.78 Å². The van der Waals surface area contributed by atoms with Crippen molar-refractivity contribution < 1.29 is 13.6 Å². The molecule has 3 nitrogen and oxygen atoms in total. The van der Waals surface area contributed by atoms with Gasteiger partial charge in [0.1, 0.15) is 11.6 Å². The van der Waals surface area contributed by atoms with E-state index < -0.39 is 17.7 Å². The highest BCUT2D eigenvalue weighted by Crippen LogP contribution is 2.19. The summed E-state index contributed by atoms with van der Waals surface area (Å²) >= 11 is 0. The Hall–Kier alpha value is -1.65. The van der Waals surface area contributed by atoms with Crippen LogP contribution in [-0.2, 0) is 4.79 Å². The monoisotopic (exact) mass is 198 g/mol. The summed E-state index contributed by atoms with van der Waals surface area (Å²) in [6, 6.07) is 1.95. The predicted molar refractivity (Wildman–Crippen MR) is 45.9 cm³/mol. The highest BCUT2D eigenvalue weighted by Gasteiger charge is 2.14. The number of aldehydes is 1. The molecule has 1 unspecified atom stereocenters. The van der Waals surface area contributed by atoms with E-state index in [1.165, 1.54) is 13.1 Å². The van der Waals surface area contributed by atoms with Crippen LogP contribution < -0.4 is 0 Å². The zero-order valence-electron chi connectivity index (χ0n) is 7.45. The van der Waals surface area contributed by atoms with E-state index >= 15 is 0 Å². The molecule has 0 heterocycles. The lowest BCUT2D eigenvalue weighted by Gasteiger charge is -2.04. The third-order valence-corrected chi connectivity index (χ3v) is 1.65. The third kappa shape index (κ3) is 2.18. The van der Waals surface area contributed by atoms with E-state index in [0.29, 0.717) is 12.4 Å². The van der Waals surface area contributed by atoms with Crippen molar-refractivity contribution in [3.8, 4) is 0 Å². The molecule has 0 bridgehead atoms.